The van der Waals surface area contributed by atoms with Crippen LogP contribution >= 0.6 is 0 Å². The topological polar surface area (TPSA) is 80.4 Å². The molecule has 1 aromatic rings. The van der Waals surface area contributed by atoms with Gasteiger partial charge in [-0.15, -0.1) is 0 Å². The molecule has 0 aliphatic carbocycles. The minimum Gasteiger partial charge on any atom is -0.461 e. The first-order valence-electron chi connectivity index (χ1n) is 8.15. The van der Waals surface area contributed by atoms with E-state index in [-0.39, 0.29) is 11.8 Å². The van der Waals surface area contributed by atoms with Gasteiger partial charge in [0.1, 0.15) is 5.69 Å². The fraction of sp³-hybridized carbons (Fsp3) is 0.647. The second kappa shape index (κ2) is 9.47. The summed E-state index contributed by atoms with van der Waals surface area (Å²) in [6.07, 6.45) is 0.852. The molecule has 0 aliphatic heterocycles. The van der Waals surface area contributed by atoms with E-state index in [9.17, 15) is 9.59 Å². The van der Waals surface area contributed by atoms with Crippen LogP contribution in [0.5, 0.6) is 0 Å². The predicted molar refractivity (Wildman–Crippen MR) is 89.1 cm³/mol. The Morgan fingerprint density at radius 3 is 2.52 bits per heavy atom. The molecule has 0 aromatic carbocycles. The molecule has 23 heavy (non-hydrogen) atoms. The highest BCUT2D eigenvalue weighted by molar-refractivity contribution is 6.05. The molecular weight excluding hydrogens is 296 g/mol. The Morgan fingerprint density at radius 1 is 1.22 bits per heavy atom. The van der Waals surface area contributed by atoms with E-state index in [1.54, 1.807) is 20.8 Å². The number of esters is 1. The molecule has 130 valence electrons. The third-order valence-corrected chi connectivity index (χ3v) is 3.68. The van der Waals surface area contributed by atoms with Crippen LogP contribution in [0.25, 0.3) is 0 Å². The largest absolute Gasteiger partial charge is 0.461 e. The van der Waals surface area contributed by atoms with Crippen LogP contribution in [-0.2, 0) is 9.47 Å². The van der Waals surface area contributed by atoms with Gasteiger partial charge < -0.3 is 19.8 Å². The zero-order chi connectivity index (χ0) is 17.4. The fourth-order valence-corrected chi connectivity index (χ4v) is 2.47. The van der Waals surface area contributed by atoms with Crippen LogP contribution in [0.1, 0.15) is 59.3 Å². The van der Waals surface area contributed by atoms with Crippen LogP contribution in [0.2, 0.25) is 0 Å². The van der Waals surface area contributed by atoms with Gasteiger partial charge in [0.25, 0.3) is 0 Å². The van der Waals surface area contributed by atoms with Crippen LogP contribution in [0, 0.1) is 13.8 Å². The highest BCUT2D eigenvalue weighted by Crippen LogP contribution is 2.20. The van der Waals surface area contributed by atoms with Crippen molar-refractivity contribution in [2.24, 2.45) is 0 Å². The molecule has 1 heterocycles. The molecule has 0 aliphatic rings. The second-order valence-electron chi connectivity index (χ2n) is 5.44. The lowest BCUT2D eigenvalue weighted by molar-refractivity contribution is 0.0519. The third kappa shape index (κ3) is 5.18. The Bertz CT molecular complexity index is 537. The van der Waals surface area contributed by atoms with E-state index in [1.807, 2.05) is 13.8 Å². The molecule has 0 bridgehead atoms. The maximum absolute atomic E-state index is 12.6. The standard InChI is InChI=1S/C17H28N2O4/c1-6-22-10-8-9-18-13(5)16(20)14-11(3)15(19-12(14)4)17(21)23-7-2/h13,18-19H,6-10H2,1-5H3. The summed E-state index contributed by atoms with van der Waals surface area (Å²) in [5.74, 6) is -0.451. The summed E-state index contributed by atoms with van der Waals surface area (Å²) < 4.78 is 10.3. The highest BCUT2D eigenvalue weighted by Gasteiger charge is 2.25. The van der Waals surface area contributed by atoms with E-state index < -0.39 is 5.97 Å². The maximum atomic E-state index is 12.6. The highest BCUT2D eigenvalue weighted by atomic mass is 16.5. The number of hydrogen-bond acceptors (Lipinski definition) is 5. The molecule has 6 nitrogen and oxygen atoms in total. The van der Waals surface area contributed by atoms with Crippen molar-refractivity contribution in [1.82, 2.24) is 10.3 Å². The summed E-state index contributed by atoms with van der Waals surface area (Å²) in [4.78, 5) is 27.5. The Hall–Kier alpha value is -1.66. The van der Waals surface area contributed by atoms with Crippen molar-refractivity contribution in [3.8, 4) is 0 Å². The molecule has 2 N–H and O–H groups in total. The van der Waals surface area contributed by atoms with Gasteiger partial charge in [0.2, 0.25) is 0 Å². The van der Waals surface area contributed by atoms with Crippen LogP contribution in [0.4, 0.5) is 0 Å². The molecule has 0 spiro atoms. The van der Waals surface area contributed by atoms with Gasteiger partial charge in [0.15, 0.2) is 5.78 Å². The summed E-state index contributed by atoms with van der Waals surface area (Å²) in [7, 11) is 0. The molecule has 1 unspecified atom stereocenters. The number of rotatable bonds is 10. The summed E-state index contributed by atoms with van der Waals surface area (Å²) in [6.45, 7) is 11.5. The number of hydrogen-bond donors (Lipinski definition) is 2. The van der Waals surface area contributed by atoms with Crippen molar-refractivity contribution in [3.63, 3.8) is 0 Å². The molecule has 0 fully saturated rings. The van der Waals surface area contributed by atoms with E-state index in [0.717, 1.165) is 6.42 Å². The SMILES string of the molecule is CCOCCCNC(C)C(=O)c1c(C)[nH]c(C(=O)OCC)c1C. The lowest BCUT2D eigenvalue weighted by Gasteiger charge is -2.13. The molecule has 1 aromatic heterocycles. The molecule has 0 amide bonds. The fourth-order valence-electron chi connectivity index (χ4n) is 2.47. The van der Waals surface area contributed by atoms with E-state index in [0.29, 0.717) is 48.9 Å². The van der Waals surface area contributed by atoms with Crippen molar-refractivity contribution in [3.05, 3.63) is 22.5 Å². The van der Waals surface area contributed by atoms with Crippen LogP contribution in [0.3, 0.4) is 0 Å². The van der Waals surface area contributed by atoms with Crippen LogP contribution < -0.4 is 5.32 Å². The summed E-state index contributed by atoms with van der Waals surface area (Å²) in [5, 5.41) is 3.20. The molecule has 1 atom stereocenters. The average Bonchev–Trinajstić information content (AvgIpc) is 2.81. The quantitative estimate of drug-likeness (QED) is 0.392. The Balaban J connectivity index is 2.73. The molecule has 0 radical (unpaired) electrons. The van der Waals surface area contributed by atoms with Crippen molar-refractivity contribution >= 4 is 11.8 Å². The van der Waals surface area contributed by atoms with Gasteiger partial charge in [-0.3, -0.25) is 4.79 Å². The third-order valence-electron chi connectivity index (χ3n) is 3.68. The molecular formula is C17H28N2O4. The molecule has 0 saturated carbocycles. The average molecular weight is 324 g/mol. The number of carbonyl (C=O) groups excluding carboxylic acids is 2. The number of ketones is 1. The second-order valence-corrected chi connectivity index (χ2v) is 5.44. The minimum absolute atomic E-state index is 0.0248. The summed E-state index contributed by atoms with van der Waals surface area (Å²) in [5.41, 5.74) is 2.27. The number of aromatic nitrogens is 1. The summed E-state index contributed by atoms with van der Waals surface area (Å²) >= 11 is 0. The van der Waals surface area contributed by atoms with E-state index in [2.05, 4.69) is 10.3 Å². The Morgan fingerprint density at radius 2 is 1.91 bits per heavy atom. The van der Waals surface area contributed by atoms with Crippen LogP contribution in [0.15, 0.2) is 0 Å². The van der Waals surface area contributed by atoms with Gasteiger partial charge >= 0.3 is 5.97 Å². The number of Topliss-reactive ketones (excluding diaryl/α,β-unsaturated/α-hetero) is 1. The number of aromatic amines is 1. The minimum atomic E-state index is -0.426. The van der Waals surface area contributed by atoms with Gasteiger partial charge in [0.05, 0.1) is 12.6 Å². The van der Waals surface area contributed by atoms with Crippen molar-refractivity contribution in [1.29, 1.82) is 0 Å². The Labute approximate surface area is 137 Å². The summed E-state index contributed by atoms with van der Waals surface area (Å²) in [6, 6.07) is -0.320. The number of H-pyrrole nitrogens is 1. The van der Waals surface area contributed by atoms with Gasteiger partial charge in [-0.25, -0.2) is 4.79 Å². The first-order valence-corrected chi connectivity index (χ1v) is 8.15. The zero-order valence-electron chi connectivity index (χ0n) is 14.7. The van der Waals surface area contributed by atoms with Gasteiger partial charge in [0, 0.05) is 24.5 Å². The Kier molecular flexibility index (Phi) is 7.98. The monoisotopic (exact) mass is 324 g/mol. The van der Waals surface area contributed by atoms with E-state index in [1.165, 1.54) is 0 Å². The number of carbonyl (C=O) groups is 2. The number of nitrogens with one attached hydrogen (secondary N) is 2. The van der Waals surface area contributed by atoms with Gasteiger partial charge in [-0.05, 0) is 53.1 Å². The van der Waals surface area contributed by atoms with Crippen molar-refractivity contribution < 1.29 is 19.1 Å². The van der Waals surface area contributed by atoms with Crippen molar-refractivity contribution in [2.45, 2.75) is 47.1 Å². The zero-order valence-corrected chi connectivity index (χ0v) is 14.7. The van der Waals surface area contributed by atoms with E-state index >= 15 is 0 Å². The van der Waals surface area contributed by atoms with Crippen LogP contribution in [-0.4, -0.2) is 49.1 Å². The van der Waals surface area contributed by atoms with Gasteiger partial charge in [-0.1, -0.05) is 0 Å². The number of ether oxygens (including phenoxy) is 2. The normalized spacial score (nSPS) is 12.2. The lowest BCUT2D eigenvalue weighted by Crippen LogP contribution is -2.35. The smallest absolute Gasteiger partial charge is 0.355 e. The molecule has 1 rings (SSSR count). The lowest BCUT2D eigenvalue weighted by atomic mass is 10.0. The molecule has 6 heteroatoms. The molecule has 0 saturated heterocycles. The first kappa shape index (κ1) is 19.4. The van der Waals surface area contributed by atoms with E-state index in [4.69, 9.17) is 9.47 Å². The maximum Gasteiger partial charge on any atom is 0.355 e. The van der Waals surface area contributed by atoms with Gasteiger partial charge in [-0.2, -0.15) is 0 Å². The number of aryl methyl sites for hydroxylation is 1. The van der Waals surface area contributed by atoms with Crippen molar-refractivity contribution in [2.75, 3.05) is 26.4 Å². The predicted octanol–water partition coefficient (Wildman–Crippen LogP) is 2.40. The first-order chi connectivity index (χ1) is 10.9.